The first-order chi connectivity index (χ1) is 26.4. The highest BCUT2D eigenvalue weighted by Gasteiger charge is 2.41. The van der Waals surface area contributed by atoms with Gasteiger partial charge in [-0.15, -0.1) is 0 Å². The van der Waals surface area contributed by atoms with Crippen LogP contribution in [0.2, 0.25) is 0 Å². The van der Waals surface area contributed by atoms with E-state index >= 15 is 0 Å². The lowest BCUT2D eigenvalue weighted by Gasteiger charge is -2.38. The fourth-order valence-electron chi connectivity index (χ4n) is 9.45. The predicted octanol–water partition coefficient (Wildman–Crippen LogP) is 11.3. The minimum atomic E-state index is 0.207. The summed E-state index contributed by atoms with van der Waals surface area (Å²) in [4.78, 5) is 15.1. The monoisotopic (exact) mass is 696 g/mol. The molecule has 0 radical (unpaired) electrons. The van der Waals surface area contributed by atoms with Crippen LogP contribution in [0, 0.1) is 34.5 Å². The molecular formula is C48H36N6. The zero-order chi connectivity index (χ0) is 36.4. The summed E-state index contributed by atoms with van der Waals surface area (Å²) in [6.45, 7) is 2.46. The van der Waals surface area contributed by atoms with Crippen LogP contribution >= 0.6 is 0 Å². The highest BCUT2D eigenvalue weighted by Crippen LogP contribution is 2.51. The molecule has 1 unspecified atom stereocenters. The Morgan fingerprint density at radius 1 is 0.574 bits per heavy atom. The lowest BCUT2D eigenvalue weighted by Crippen LogP contribution is -2.30. The Kier molecular flexibility index (Phi) is 7.42. The van der Waals surface area contributed by atoms with Crippen LogP contribution in [-0.2, 0) is 5.41 Å². The summed E-state index contributed by atoms with van der Waals surface area (Å²) in [5.74, 6) is 3.36. The average molecular weight is 697 g/mol. The fourth-order valence-corrected chi connectivity index (χ4v) is 9.45. The highest BCUT2D eigenvalue weighted by atomic mass is 15.0. The molecule has 2 saturated carbocycles. The quantitative estimate of drug-likeness (QED) is 0.179. The second kappa shape index (κ2) is 12.5. The van der Waals surface area contributed by atoms with Gasteiger partial charge in [0, 0.05) is 33.2 Å². The molecule has 6 heteroatoms. The van der Waals surface area contributed by atoms with E-state index in [-0.39, 0.29) is 5.41 Å². The van der Waals surface area contributed by atoms with Crippen LogP contribution in [0.1, 0.15) is 55.7 Å². The van der Waals surface area contributed by atoms with Gasteiger partial charge in [0.15, 0.2) is 17.5 Å². The summed E-state index contributed by atoms with van der Waals surface area (Å²) >= 11 is 0. The van der Waals surface area contributed by atoms with E-state index in [0.717, 1.165) is 66.8 Å². The molecule has 2 aliphatic carbocycles. The van der Waals surface area contributed by atoms with E-state index in [2.05, 4.69) is 102 Å². The van der Waals surface area contributed by atoms with Gasteiger partial charge in [0.1, 0.15) is 0 Å². The maximum atomic E-state index is 9.91. The molecular weight excluding hydrogens is 661 g/mol. The van der Waals surface area contributed by atoms with E-state index in [1.165, 1.54) is 37.7 Å². The van der Waals surface area contributed by atoms with E-state index in [9.17, 15) is 10.5 Å². The van der Waals surface area contributed by atoms with Crippen molar-refractivity contribution in [2.75, 3.05) is 0 Å². The van der Waals surface area contributed by atoms with Crippen LogP contribution in [-0.4, -0.2) is 19.5 Å². The van der Waals surface area contributed by atoms with Gasteiger partial charge in [-0.25, -0.2) is 15.0 Å². The second-order valence-electron chi connectivity index (χ2n) is 15.5. The Labute approximate surface area is 314 Å². The summed E-state index contributed by atoms with van der Waals surface area (Å²) < 4.78 is 2.28. The molecule has 0 saturated heterocycles. The number of nitrogens with zero attached hydrogens (tertiary/aromatic N) is 6. The Morgan fingerprint density at radius 3 is 1.81 bits per heavy atom. The summed E-state index contributed by atoms with van der Waals surface area (Å²) in [7, 11) is 0. The molecule has 2 aliphatic rings. The van der Waals surface area contributed by atoms with Crippen molar-refractivity contribution in [1.82, 2.24) is 19.5 Å². The standard InChI is InChI=1S/C48H36N6/c1-48(26-31-6-7-32(22-31)27-48)39-16-18-40(19-17-39)54-43-23-33(29-50)10-20-41(43)42-21-15-38(25-44(42)54)47-52-45(35-11-8-30(28-49)9-12-35)51-46(53-47)37-14-13-34-4-2-3-5-36(34)24-37/h2-5,8-21,23-25,31-32H,6-7,22,26-27H2,1H3/t31-,32+,48?. The molecule has 0 N–H and O–H groups in total. The Morgan fingerprint density at radius 2 is 1.13 bits per heavy atom. The van der Waals surface area contributed by atoms with Crippen LogP contribution in [0.15, 0.2) is 127 Å². The van der Waals surface area contributed by atoms with E-state index in [0.29, 0.717) is 28.6 Å². The zero-order valence-corrected chi connectivity index (χ0v) is 30.0. The Balaban J connectivity index is 1.14. The maximum Gasteiger partial charge on any atom is 0.164 e. The predicted molar refractivity (Wildman–Crippen MR) is 215 cm³/mol. The van der Waals surface area contributed by atoms with E-state index in [1.807, 2.05) is 36.4 Å². The molecule has 0 spiro atoms. The fraction of sp³-hybridized carbons (Fsp3) is 0.188. The van der Waals surface area contributed by atoms with Crippen molar-refractivity contribution in [3.63, 3.8) is 0 Å². The van der Waals surface area contributed by atoms with Crippen molar-refractivity contribution in [2.24, 2.45) is 11.8 Å². The van der Waals surface area contributed by atoms with E-state index < -0.39 is 0 Å². The number of nitriles is 2. The van der Waals surface area contributed by atoms with E-state index in [4.69, 9.17) is 15.0 Å². The van der Waals surface area contributed by atoms with Gasteiger partial charge in [-0.05, 0) is 114 Å². The summed E-state index contributed by atoms with van der Waals surface area (Å²) in [6, 6.07) is 48.0. The largest absolute Gasteiger partial charge is 0.309 e. The molecule has 2 fully saturated rings. The molecule has 258 valence electrons. The minimum Gasteiger partial charge on any atom is -0.309 e. The van der Waals surface area contributed by atoms with Gasteiger partial charge in [0.25, 0.3) is 0 Å². The number of aromatic nitrogens is 4. The third-order valence-electron chi connectivity index (χ3n) is 12.0. The van der Waals surface area contributed by atoms with Gasteiger partial charge in [0.05, 0.1) is 34.3 Å². The van der Waals surface area contributed by atoms with E-state index in [1.54, 1.807) is 12.1 Å². The van der Waals surface area contributed by atoms with Crippen molar-refractivity contribution in [3.05, 3.63) is 144 Å². The second-order valence-corrected chi connectivity index (χ2v) is 15.5. The number of benzene rings is 6. The smallest absolute Gasteiger partial charge is 0.164 e. The van der Waals surface area contributed by atoms with Crippen molar-refractivity contribution in [1.29, 1.82) is 10.5 Å². The summed E-state index contributed by atoms with van der Waals surface area (Å²) in [5, 5.41) is 23.8. The minimum absolute atomic E-state index is 0.207. The molecule has 10 rings (SSSR count). The summed E-state index contributed by atoms with van der Waals surface area (Å²) in [5.41, 5.74) is 8.44. The first-order valence-corrected chi connectivity index (χ1v) is 18.8. The van der Waals surface area contributed by atoms with Crippen LogP contribution in [0.5, 0.6) is 0 Å². The number of hydrogen-bond donors (Lipinski definition) is 0. The van der Waals surface area contributed by atoms with Gasteiger partial charge < -0.3 is 4.57 Å². The van der Waals surface area contributed by atoms with Crippen molar-refractivity contribution >= 4 is 32.6 Å². The highest BCUT2D eigenvalue weighted by molar-refractivity contribution is 6.10. The number of hydrogen-bond acceptors (Lipinski definition) is 5. The molecule has 0 aliphatic heterocycles. The molecule has 2 aromatic heterocycles. The van der Waals surface area contributed by atoms with Crippen molar-refractivity contribution in [2.45, 2.75) is 44.4 Å². The maximum absolute atomic E-state index is 9.91. The molecule has 6 nitrogen and oxygen atoms in total. The van der Waals surface area contributed by atoms with Crippen LogP contribution in [0.4, 0.5) is 0 Å². The zero-order valence-electron chi connectivity index (χ0n) is 30.0. The third kappa shape index (κ3) is 5.42. The van der Waals surface area contributed by atoms with Crippen LogP contribution < -0.4 is 0 Å². The van der Waals surface area contributed by atoms with Crippen LogP contribution in [0.25, 0.3) is 72.4 Å². The van der Waals surface area contributed by atoms with Gasteiger partial charge in [-0.2, -0.15) is 10.5 Å². The van der Waals surface area contributed by atoms with Crippen molar-refractivity contribution < 1.29 is 0 Å². The topological polar surface area (TPSA) is 91.2 Å². The lowest BCUT2D eigenvalue weighted by molar-refractivity contribution is 0.232. The van der Waals surface area contributed by atoms with Crippen molar-refractivity contribution in [3.8, 4) is 52.0 Å². The first-order valence-electron chi connectivity index (χ1n) is 18.8. The molecule has 2 heterocycles. The average Bonchev–Trinajstić information content (AvgIpc) is 3.75. The van der Waals surface area contributed by atoms with Crippen LogP contribution in [0.3, 0.4) is 0 Å². The Bertz CT molecular complexity index is 2840. The molecule has 3 atom stereocenters. The SMILES string of the molecule is CC1(c2ccc(-n3c4cc(C#N)ccc4c4ccc(-c5nc(-c6ccc(C#N)cc6)nc(-c6ccc7ccccc7c6)n5)cc43)cc2)C[C@@H]2CC[C@@H](C2)C1. The normalized spacial score (nSPS) is 19.2. The van der Waals surface area contributed by atoms with Gasteiger partial charge in [-0.1, -0.05) is 86.5 Å². The molecule has 2 bridgehead atoms. The summed E-state index contributed by atoms with van der Waals surface area (Å²) in [6.07, 6.45) is 6.69. The third-order valence-corrected chi connectivity index (χ3v) is 12.0. The Hall–Kier alpha value is -6.63. The molecule has 0 amide bonds. The molecule has 6 aromatic carbocycles. The number of fused-ring (bicyclic) bond motifs is 6. The van der Waals surface area contributed by atoms with Gasteiger partial charge >= 0.3 is 0 Å². The molecule has 54 heavy (non-hydrogen) atoms. The van der Waals surface area contributed by atoms with Gasteiger partial charge in [0.2, 0.25) is 0 Å². The number of rotatable bonds is 5. The van der Waals surface area contributed by atoms with Gasteiger partial charge in [-0.3, -0.25) is 0 Å². The first kappa shape index (κ1) is 32.1. The lowest BCUT2D eigenvalue weighted by atomic mass is 9.66. The molecule has 8 aromatic rings.